The highest BCUT2D eigenvalue weighted by atomic mass is 16.3. The minimum atomic E-state index is 0.230. The van der Waals surface area contributed by atoms with Crippen LogP contribution in [0.3, 0.4) is 0 Å². The second-order valence-corrected chi connectivity index (χ2v) is 3.86. The highest BCUT2D eigenvalue weighted by molar-refractivity contribution is 4.92. The molecule has 74 valence electrons. The first kappa shape index (κ1) is 11.9. The zero-order chi connectivity index (χ0) is 9.61. The summed E-state index contributed by atoms with van der Waals surface area (Å²) in [4.78, 5) is 0. The zero-order valence-corrected chi connectivity index (χ0v) is 8.85. The molecule has 2 N–H and O–H groups in total. The van der Waals surface area contributed by atoms with Crippen molar-refractivity contribution in [3.8, 4) is 0 Å². The Labute approximate surface area is 76.4 Å². The van der Waals surface area contributed by atoms with Gasteiger partial charge in [-0.3, -0.25) is 0 Å². The Bertz CT molecular complexity index is 103. The molecule has 1 saturated heterocycles. The predicted octanol–water partition coefficient (Wildman–Crippen LogP) is 1.64. The second kappa shape index (κ2) is 5.55. The molecule has 12 heavy (non-hydrogen) atoms. The molecule has 0 unspecified atom stereocenters. The van der Waals surface area contributed by atoms with E-state index in [4.69, 9.17) is 5.11 Å². The summed E-state index contributed by atoms with van der Waals surface area (Å²) < 4.78 is 0. The van der Waals surface area contributed by atoms with Crippen LogP contribution in [0.5, 0.6) is 0 Å². The Morgan fingerprint density at radius 1 is 1.33 bits per heavy atom. The van der Waals surface area contributed by atoms with Gasteiger partial charge in [0.05, 0.1) is 6.61 Å². The van der Waals surface area contributed by atoms with Crippen molar-refractivity contribution in [2.24, 2.45) is 11.3 Å². The molecule has 1 heterocycles. The molecule has 0 radical (unpaired) electrons. The lowest BCUT2D eigenvalue weighted by Crippen LogP contribution is -2.56. The predicted molar refractivity (Wildman–Crippen MR) is 53.2 cm³/mol. The van der Waals surface area contributed by atoms with Crippen molar-refractivity contribution in [3.63, 3.8) is 0 Å². The third kappa shape index (κ3) is 3.11. The van der Waals surface area contributed by atoms with E-state index in [1.54, 1.807) is 0 Å². The van der Waals surface area contributed by atoms with E-state index in [0.717, 1.165) is 19.5 Å². The van der Waals surface area contributed by atoms with Crippen molar-refractivity contribution in [2.75, 3.05) is 19.7 Å². The monoisotopic (exact) mass is 173 g/mol. The van der Waals surface area contributed by atoms with Crippen LogP contribution >= 0.6 is 0 Å². The summed E-state index contributed by atoms with van der Waals surface area (Å²) in [6, 6.07) is 0. The number of aliphatic hydroxyl groups is 1. The lowest BCUT2D eigenvalue weighted by atomic mass is 9.76. The van der Waals surface area contributed by atoms with Gasteiger partial charge in [0, 0.05) is 18.5 Å². The molecule has 0 aromatic rings. The van der Waals surface area contributed by atoms with Gasteiger partial charge in [0.2, 0.25) is 0 Å². The lowest BCUT2D eigenvalue weighted by Gasteiger charge is -2.42. The van der Waals surface area contributed by atoms with Crippen molar-refractivity contribution in [3.05, 3.63) is 0 Å². The summed E-state index contributed by atoms with van der Waals surface area (Å²) >= 11 is 0. The van der Waals surface area contributed by atoms with E-state index >= 15 is 0 Å². The van der Waals surface area contributed by atoms with Crippen LogP contribution in [0.15, 0.2) is 0 Å². The van der Waals surface area contributed by atoms with Crippen molar-refractivity contribution in [2.45, 2.75) is 34.1 Å². The first-order valence-electron chi connectivity index (χ1n) is 5.00. The van der Waals surface area contributed by atoms with Crippen LogP contribution in [0.2, 0.25) is 0 Å². The third-order valence-electron chi connectivity index (χ3n) is 2.18. The molecule has 0 saturated carbocycles. The molecule has 2 heteroatoms. The van der Waals surface area contributed by atoms with E-state index in [0.29, 0.717) is 12.5 Å². The molecule has 0 bridgehead atoms. The van der Waals surface area contributed by atoms with Crippen LogP contribution in [0, 0.1) is 11.3 Å². The molecule has 0 aliphatic carbocycles. The van der Waals surface area contributed by atoms with Gasteiger partial charge in [-0.2, -0.15) is 0 Å². The maximum absolute atomic E-state index is 9.05. The Kier molecular flexibility index (Phi) is 5.51. The standard InChI is InChI=1S/C8H17NO.C2H6/c1-7(2)3-8(6-10)4-9-5-8;1-2/h7,9-10H,3-6H2,1-2H3;1-2H3. The van der Waals surface area contributed by atoms with Crippen molar-refractivity contribution >= 4 is 0 Å². The third-order valence-corrected chi connectivity index (χ3v) is 2.18. The molecule has 0 spiro atoms. The van der Waals surface area contributed by atoms with Crippen LogP contribution in [0.25, 0.3) is 0 Å². The molecule has 0 atom stereocenters. The summed E-state index contributed by atoms with van der Waals surface area (Å²) in [5.41, 5.74) is 0.230. The van der Waals surface area contributed by atoms with Crippen LogP contribution in [-0.2, 0) is 0 Å². The molecule has 1 aliphatic rings. The summed E-state index contributed by atoms with van der Waals surface area (Å²) in [6.45, 7) is 10.8. The molecule has 2 nitrogen and oxygen atoms in total. The lowest BCUT2D eigenvalue weighted by molar-refractivity contribution is 0.0477. The normalized spacial score (nSPS) is 19.5. The molecule has 1 rings (SSSR count). The maximum atomic E-state index is 9.05. The Morgan fingerprint density at radius 2 is 1.83 bits per heavy atom. The fraction of sp³-hybridized carbons (Fsp3) is 1.00. The van der Waals surface area contributed by atoms with Crippen molar-refractivity contribution in [1.82, 2.24) is 5.32 Å². The summed E-state index contributed by atoms with van der Waals surface area (Å²) in [7, 11) is 0. The minimum Gasteiger partial charge on any atom is -0.396 e. The number of aliphatic hydroxyl groups excluding tert-OH is 1. The Balaban J connectivity index is 0.000000561. The molecule has 1 aliphatic heterocycles. The number of nitrogens with one attached hydrogen (secondary N) is 1. The van der Waals surface area contributed by atoms with Crippen LogP contribution < -0.4 is 5.32 Å². The van der Waals surface area contributed by atoms with Gasteiger partial charge in [-0.1, -0.05) is 27.7 Å². The Morgan fingerprint density at radius 3 is 1.92 bits per heavy atom. The number of rotatable bonds is 3. The smallest absolute Gasteiger partial charge is 0.0511 e. The van der Waals surface area contributed by atoms with E-state index in [1.807, 2.05) is 13.8 Å². The van der Waals surface area contributed by atoms with E-state index < -0.39 is 0 Å². The average Bonchev–Trinajstić information content (AvgIpc) is 2.01. The molecule has 0 aromatic carbocycles. The fourth-order valence-corrected chi connectivity index (χ4v) is 1.67. The topological polar surface area (TPSA) is 32.3 Å². The fourth-order valence-electron chi connectivity index (χ4n) is 1.67. The van der Waals surface area contributed by atoms with Gasteiger partial charge in [-0.05, 0) is 12.3 Å². The molecule has 1 fully saturated rings. The first-order valence-corrected chi connectivity index (χ1v) is 5.00. The maximum Gasteiger partial charge on any atom is 0.0511 e. The largest absolute Gasteiger partial charge is 0.396 e. The summed E-state index contributed by atoms with van der Waals surface area (Å²) in [5.74, 6) is 0.703. The average molecular weight is 173 g/mol. The quantitative estimate of drug-likeness (QED) is 0.680. The van der Waals surface area contributed by atoms with Gasteiger partial charge in [-0.15, -0.1) is 0 Å². The minimum absolute atomic E-state index is 0.230. The first-order chi connectivity index (χ1) is 5.68. The van der Waals surface area contributed by atoms with Gasteiger partial charge in [-0.25, -0.2) is 0 Å². The molecular weight excluding hydrogens is 150 g/mol. The van der Waals surface area contributed by atoms with E-state index in [9.17, 15) is 0 Å². The molecule has 0 aromatic heterocycles. The van der Waals surface area contributed by atoms with Crippen molar-refractivity contribution in [1.29, 1.82) is 0 Å². The highest BCUT2D eigenvalue weighted by Crippen LogP contribution is 2.29. The van der Waals surface area contributed by atoms with Gasteiger partial charge in [0.25, 0.3) is 0 Å². The van der Waals surface area contributed by atoms with E-state index in [1.165, 1.54) is 0 Å². The summed E-state index contributed by atoms with van der Waals surface area (Å²) in [6.07, 6.45) is 1.15. The van der Waals surface area contributed by atoms with Gasteiger partial charge in [0.15, 0.2) is 0 Å². The van der Waals surface area contributed by atoms with Gasteiger partial charge < -0.3 is 10.4 Å². The SMILES string of the molecule is CC.CC(C)CC1(CO)CNC1. The van der Waals surface area contributed by atoms with Crippen molar-refractivity contribution < 1.29 is 5.11 Å². The Hall–Kier alpha value is -0.0800. The van der Waals surface area contributed by atoms with E-state index in [2.05, 4.69) is 19.2 Å². The van der Waals surface area contributed by atoms with Crippen LogP contribution in [0.4, 0.5) is 0 Å². The second-order valence-electron chi connectivity index (χ2n) is 3.86. The number of hydrogen-bond donors (Lipinski definition) is 2. The molecular formula is C10H23NO. The molecule has 0 amide bonds. The van der Waals surface area contributed by atoms with Gasteiger partial charge >= 0.3 is 0 Å². The highest BCUT2D eigenvalue weighted by Gasteiger charge is 2.36. The van der Waals surface area contributed by atoms with Crippen LogP contribution in [0.1, 0.15) is 34.1 Å². The zero-order valence-electron chi connectivity index (χ0n) is 8.85. The summed E-state index contributed by atoms with van der Waals surface area (Å²) in [5, 5.41) is 12.2. The van der Waals surface area contributed by atoms with E-state index in [-0.39, 0.29) is 5.41 Å². The number of hydrogen-bond acceptors (Lipinski definition) is 2. The van der Waals surface area contributed by atoms with Crippen LogP contribution in [-0.4, -0.2) is 24.8 Å². The van der Waals surface area contributed by atoms with Gasteiger partial charge in [0.1, 0.15) is 0 Å².